The molecule has 146 valence electrons. The molecule has 0 spiro atoms. The van der Waals surface area contributed by atoms with Gasteiger partial charge in [0.2, 0.25) is 0 Å². The number of nitrogens with one attached hydrogen (secondary N) is 2. The van der Waals surface area contributed by atoms with E-state index in [1.54, 1.807) is 17.4 Å². The normalized spacial score (nSPS) is 17.9. The van der Waals surface area contributed by atoms with E-state index in [2.05, 4.69) is 42.9 Å². The maximum absolute atomic E-state index is 10.3. The summed E-state index contributed by atoms with van der Waals surface area (Å²) in [7, 11) is 0. The molecule has 0 aliphatic carbocycles. The van der Waals surface area contributed by atoms with Gasteiger partial charge in [-0.25, -0.2) is 4.99 Å². The van der Waals surface area contributed by atoms with Gasteiger partial charge in [0.15, 0.2) is 5.96 Å². The van der Waals surface area contributed by atoms with Gasteiger partial charge in [0.1, 0.15) is 5.75 Å². The van der Waals surface area contributed by atoms with E-state index in [1.165, 1.54) is 4.88 Å². The number of rotatable bonds is 5. The number of hydrogen-bond acceptors (Lipinski definition) is 4. The van der Waals surface area contributed by atoms with Crippen molar-refractivity contribution in [3.05, 3.63) is 46.2 Å². The van der Waals surface area contributed by atoms with E-state index in [1.807, 2.05) is 18.2 Å². The maximum Gasteiger partial charge on any atom is 0.196 e. The second-order valence-electron chi connectivity index (χ2n) is 7.87. The van der Waals surface area contributed by atoms with Gasteiger partial charge >= 0.3 is 0 Å². The molecular weight excluding hydrogens is 358 g/mol. The summed E-state index contributed by atoms with van der Waals surface area (Å²) in [6.07, 6.45) is 2.39. The maximum atomic E-state index is 10.3. The van der Waals surface area contributed by atoms with E-state index in [4.69, 9.17) is 9.73 Å². The Labute approximate surface area is 165 Å². The lowest BCUT2D eigenvalue weighted by Crippen LogP contribution is -2.36. The van der Waals surface area contributed by atoms with Crippen LogP contribution in [0.5, 0.6) is 5.75 Å². The molecule has 0 saturated carbocycles. The molecule has 0 radical (unpaired) electrons. The molecule has 6 heteroatoms. The van der Waals surface area contributed by atoms with Crippen LogP contribution in [0.2, 0.25) is 0 Å². The van der Waals surface area contributed by atoms with Crippen LogP contribution in [0.1, 0.15) is 44.1 Å². The number of ether oxygens (including phenoxy) is 1. The smallest absolute Gasteiger partial charge is 0.196 e. The van der Waals surface area contributed by atoms with E-state index in [0.717, 1.165) is 25.0 Å². The molecule has 1 aromatic heterocycles. The number of aromatic hydroxyl groups is 1. The van der Waals surface area contributed by atoms with Gasteiger partial charge < -0.3 is 20.5 Å². The van der Waals surface area contributed by atoms with Crippen LogP contribution < -0.4 is 10.6 Å². The Hall–Kier alpha value is -2.05. The molecule has 0 bridgehead atoms. The zero-order valence-electron chi connectivity index (χ0n) is 16.3. The minimum Gasteiger partial charge on any atom is -0.506 e. The molecule has 3 N–H and O–H groups in total. The summed E-state index contributed by atoms with van der Waals surface area (Å²) >= 11 is 1.69. The van der Waals surface area contributed by atoms with E-state index in [9.17, 15) is 5.11 Å². The van der Waals surface area contributed by atoms with Gasteiger partial charge in [-0.15, -0.1) is 11.3 Å². The number of phenolic OH excluding ortho intramolecular Hbond substituents is 1. The van der Waals surface area contributed by atoms with Gasteiger partial charge in [-0.05, 0) is 47.4 Å². The fourth-order valence-corrected chi connectivity index (χ4v) is 3.57. The fourth-order valence-electron chi connectivity index (χ4n) is 2.95. The molecule has 5 nitrogen and oxygen atoms in total. The third-order valence-electron chi connectivity index (χ3n) is 4.61. The van der Waals surface area contributed by atoms with Crippen LogP contribution >= 0.6 is 11.3 Å². The number of aliphatic imine (C=N–C) groups is 1. The molecule has 27 heavy (non-hydrogen) atoms. The van der Waals surface area contributed by atoms with E-state index < -0.39 is 0 Å². The minimum atomic E-state index is 0.00349. The van der Waals surface area contributed by atoms with Crippen molar-refractivity contribution in [2.24, 2.45) is 4.99 Å². The van der Waals surface area contributed by atoms with Gasteiger partial charge in [0, 0.05) is 18.0 Å². The van der Waals surface area contributed by atoms with E-state index >= 15 is 0 Å². The Morgan fingerprint density at radius 2 is 2.19 bits per heavy atom. The van der Waals surface area contributed by atoms with Gasteiger partial charge in [-0.3, -0.25) is 0 Å². The SMILES string of the molecule is CC(C)(C)c1ccc(O)c(NC(=NCc2cccs2)NCC2CCCO2)c1. The lowest BCUT2D eigenvalue weighted by Gasteiger charge is -2.21. The first-order chi connectivity index (χ1) is 12.9. The van der Waals surface area contributed by atoms with E-state index in [-0.39, 0.29) is 17.3 Å². The summed E-state index contributed by atoms with van der Waals surface area (Å²) in [5.74, 6) is 0.867. The molecule has 1 aliphatic heterocycles. The number of guanidine groups is 1. The Morgan fingerprint density at radius 1 is 1.33 bits per heavy atom. The largest absolute Gasteiger partial charge is 0.506 e. The van der Waals surface area contributed by atoms with Crippen LogP contribution in [0.4, 0.5) is 5.69 Å². The standard InChI is InChI=1S/C21H29N3O2S/c1-21(2,3)15-8-9-19(25)18(12-15)24-20(22-13-16-6-4-10-26-16)23-14-17-7-5-11-27-17/h5,7-9,11-12,16,25H,4,6,10,13-14H2,1-3H3,(H2,22,23,24). The summed E-state index contributed by atoms with van der Waals surface area (Å²) < 4.78 is 5.70. The molecule has 2 heterocycles. The quantitative estimate of drug-likeness (QED) is 0.402. The van der Waals surface area contributed by atoms with Gasteiger partial charge in [0.05, 0.1) is 18.3 Å². The summed E-state index contributed by atoms with van der Waals surface area (Å²) in [6, 6.07) is 9.79. The van der Waals surface area contributed by atoms with Gasteiger partial charge in [-0.2, -0.15) is 0 Å². The minimum absolute atomic E-state index is 0.00349. The fraction of sp³-hybridized carbons (Fsp3) is 0.476. The van der Waals surface area contributed by atoms with Crippen LogP contribution in [0.25, 0.3) is 0 Å². The Kier molecular flexibility index (Phi) is 6.39. The zero-order valence-corrected chi connectivity index (χ0v) is 17.1. The molecule has 1 unspecified atom stereocenters. The first-order valence-electron chi connectivity index (χ1n) is 9.44. The Bertz CT molecular complexity index is 760. The van der Waals surface area contributed by atoms with Crippen molar-refractivity contribution in [2.75, 3.05) is 18.5 Å². The molecule has 2 aromatic rings. The number of anilines is 1. The Balaban J connectivity index is 1.76. The lowest BCUT2D eigenvalue weighted by atomic mass is 9.87. The average molecular weight is 388 g/mol. The molecule has 1 fully saturated rings. The predicted octanol–water partition coefficient (Wildman–Crippen LogP) is 4.49. The first kappa shape index (κ1) is 19.7. The number of benzene rings is 1. The highest BCUT2D eigenvalue weighted by Crippen LogP contribution is 2.30. The van der Waals surface area contributed by atoms with Crippen molar-refractivity contribution in [3.63, 3.8) is 0 Å². The highest BCUT2D eigenvalue weighted by atomic mass is 32.1. The van der Waals surface area contributed by atoms with Gasteiger partial charge in [-0.1, -0.05) is 32.9 Å². The molecule has 1 aliphatic rings. The van der Waals surface area contributed by atoms with Crippen LogP contribution in [-0.4, -0.2) is 30.3 Å². The third-order valence-corrected chi connectivity index (χ3v) is 5.47. The summed E-state index contributed by atoms with van der Waals surface area (Å²) in [4.78, 5) is 5.89. The highest BCUT2D eigenvalue weighted by Gasteiger charge is 2.18. The van der Waals surface area contributed by atoms with Gasteiger partial charge in [0.25, 0.3) is 0 Å². The molecule has 0 amide bonds. The van der Waals surface area contributed by atoms with Crippen molar-refractivity contribution < 1.29 is 9.84 Å². The first-order valence-corrected chi connectivity index (χ1v) is 10.3. The zero-order chi connectivity index (χ0) is 19.3. The highest BCUT2D eigenvalue weighted by molar-refractivity contribution is 7.09. The van der Waals surface area contributed by atoms with Crippen molar-refractivity contribution in [1.82, 2.24) is 5.32 Å². The molecule has 1 saturated heterocycles. The van der Waals surface area contributed by atoms with Crippen molar-refractivity contribution in [1.29, 1.82) is 0 Å². The second-order valence-corrected chi connectivity index (χ2v) is 8.90. The number of nitrogens with zero attached hydrogens (tertiary/aromatic N) is 1. The Morgan fingerprint density at radius 3 is 2.85 bits per heavy atom. The van der Waals surface area contributed by atoms with Crippen molar-refractivity contribution >= 4 is 23.0 Å². The molecule has 1 atom stereocenters. The number of phenols is 1. The average Bonchev–Trinajstić information content (AvgIpc) is 3.31. The number of thiophene rings is 1. The van der Waals surface area contributed by atoms with Crippen molar-refractivity contribution in [3.8, 4) is 5.75 Å². The predicted molar refractivity (Wildman–Crippen MR) is 113 cm³/mol. The van der Waals surface area contributed by atoms with Crippen LogP contribution in [0, 0.1) is 0 Å². The second kappa shape index (κ2) is 8.76. The van der Waals surface area contributed by atoms with Crippen molar-refractivity contribution in [2.45, 2.75) is 51.7 Å². The van der Waals surface area contributed by atoms with Crippen LogP contribution in [-0.2, 0) is 16.7 Å². The van der Waals surface area contributed by atoms with Crippen LogP contribution in [0.15, 0.2) is 40.7 Å². The van der Waals surface area contributed by atoms with Crippen LogP contribution in [0.3, 0.4) is 0 Å². The molecule has 1 aromatic carbocycles. The summed E-state index contributed by atoms with van der Waals surface area (Å²) in [5, 5.41) is 19.0. The number of hydrogen-bond donors (Lipinski definition) is 3. The summed E-state index contributed by atoms with van der Waals surface area (Å²) in [5.41, 5.74) is 1.82. The third kappa shape index (κ3) is 5.71. The topological polar surface area (TPSA) is 65.9 Å². The molecule has 3 rings (SSSR count). The lowest BCUT2D eigenvalue weighted by molar-refractivity contribution is 0.114. The van der Waals surface area contributed by atoms with E-state index in [0.29, 0.717) is 24.7 Å². The molecular formula is C21H29N3O2S. The monoisotopic (exact) mass is 387 g/mol. The summed E-state index contributed by atoms with van der Waals surface area (Å²) in [6.45, 7) is 8.60.